The van der Waals surface area contributed by atoms with Crippen LogP contribution in [0.5, 0.6) is 0 Å². The molecule has 0 heterocycles. The predicted octanol–water partition coefficient (Wildman–Crippen LogP) is 4.71. The first-order valence-corrected chi connectivity index (χ1v) is 6.79. The number of hydrogen-bond acceptors (Lipinski definition) is 1. The molecule has 17 heavy (non-hydrogen) atoms. The molecule has 0 bridgehead atoms. The van der Waals surface area contributed by atoms with Crippen molar-refractivity contribution in [3.63, 3.8) is 0 Å². The molecule has 0 saturated heterocycles. The fraction of sp³-hybridized carbons (Fsp3) is 0.667. The van der Waals surface area contributed by atoms with Gasteiger partial charge in [0.05, 0.1) is 0 Å². The number of carboxylic acids is 1. The Hall–Kier alpha value is -1.05. The van der Waals surface area contributed by atoms with Crippen LogP contribution in [-0.2, 0) is 4.79 Å². The van der Waals surface area contributed by atoms with Gasteiger partial charge in [0, 0.05) is 5.57 Å². The molecule has 0 aromatic heterocycles. The summed E-state index contributed by atoms with van der Waals surface area (Å²) in [6, 6.07) is 0. The molecule has 0 aliphatic heterocycles. The normalized spacial score (nSPS) is 12.2. The zero-order chi connectivity index (χ0) is 12.9. The van der Waals surface area contributed by atoms with Gasteiger partial charge in [-0.15, -0.1) is 0 Å². The van der Waals surface area contributed by atoms with E-state index < -0.39 is 5.97 Å². The molecule has 0 radical (unpaired) electrons. The molecule has 0 aliphatic rings. The van der Waals surface area contributed by atoms with E-state index in [1.807, 2.05) is 12.2 Å². The van der Waals surface area contributed by atoms with Crippen LogP contribution in [0.15, 0.2) is 23.8 Å². The molecule has 0 unspecified atom stereocenters. The minimum Gasteiger partial charge on any atom is -0.478 e. The van der Waals surface area contributed by atoms with Crippen LogP contribution >= 0.6 is 0 Å². The first kappa shape index (κ1) is 16.0. The summed E-state index contributed by atoms with van der Waals surface area (Å²) in [6.45, 7) is 4.29. The topological polar surface area (TPSA) is 37.3 Å². The molecule has 1 N–H and O–H groups in total. The van der Waals surface area contributed by atoms with Gasteiger partial charge in [0.25, 0.3) is 0 Å². The van der Waals surface area contributed by atoms with E-state index in [-0.39, 0.29) is 0 Å². The van der Waals surface area contributed by atoms with Crippen molar-refractivity contribution in [3.05, 3.63) is 23.8 Å². The molecular weight excluding hydrogens is 212 g/mol. The lowest BCUT2D eigenvalue weighted by molar-refractivity contribution is -0.132. The van der Waals surface area contributed by atoms with Gasteiger partial charge in [-0.3, -0.25) is 0 Å². The highest BCUT2D eigenvalue weighted by molar-refractivity contribution is 5.86. The number of hydrogen-bond donors (Lipinski definition) is 1. The third-order valence-corrected chi connectivity index (χ3v) is 2.68. The Kier molecular flexibility index (Phi) is 10.7. The number of unbranched alkanes of at least 4 members (excludes halogenated alkanes) is 5. The highest BCUT2D eigenvalue weighted by Crippen LogP contribution is 2.09. The maximum Gasteiger partial charge on any atom is 0.331 e. The highest BCUT2D eigenvalue weighted by Gasteiger charge is 2.03. The third kappa shape index (κ3) is 9.86. The molecule has 98 valence electrons. The maximum atomic E-state index is 11.0. The van der Waals surface area contributed by atoms with Crippen LogP contribution in [0.25, 0.3) is 0 Å². The van der Waals surface area contributed by atoms with Gasteiger partial charge in [-0.2, -0.15) is 0 Å². The monoisotopic (exact) mass is 238 g/mol. The second-order valence-electron chi connectivity index (χ2n) is 4.35. The van der Waals surface area contributed by atoms with Crippen LogP contribution in [0.4, 0.5) is 0 Å². The first-order chi connectivity index (χ1) is 8.22. The Bertz CT molecular complexity index is 252. The average molecular weight is 238 g/mol. The molecular formula is C15H26O2. The van der Waals surface area contributed by atoms with Crippen LogP contribution in [0, 0.1) is 0 Å². The Labute approximate surface area is 105 Å². The molecule has 0 aliphatic carbocycles. The third-order valence-electron chi connectivity index (χ3n) is 2.68. The molecule has 0 atom stereocenters. The highest BCUT2D eigenvalue weighted by atomic mass is 16.4. The van der Waals surface area contributed by atoms with E-state index in [9.17, 15) is 4.79 Å². The number of aliphatic carboxylic acids is 1. The Balaban J connectivity index is 3.95. The molecule has 2 nitrogen and oxygen atoms in total. The smallest absolute Gasteiger partial charge is 0.331 e. The first-order valence-electron chi connectivity index (χ1n) is 6.79. The number of carboxylic acid groups (broad SMARTS) is 1. The SMILES string of the molecule is CCC/C=C/C/C(=C/CCCCCC)C(=O)O. The van der Waals surface area contributed by atoms with Crippen LogP contribution in [0.2, 0.25) is 0 Å². The van der Waals surface area contributed by atoms with Gasteiger partial charge in [0.15, 0.2) is 0 Å². The van der Waals surface area contributed by atoms with E-state index >= 15 is 0 Å². The van der Waals surface area contributed by atoms with Gasteiger partial charge in [-0.1, -0.05) is 57.8 Å². The Morgan fingerprint density at radius 1 is 1.00 bits per heavy atom. The Morgan fingerprint density at radius 2 is 1.76 bits per heavy atom. The van der Waals surface area contributed by atoms with Crippen LogP contribution in [0.1, 0.15) is 65.2 Å². The lowest BCUT2D eigenvalue weighted by atomic mass is 10.1. The van der Waals surface area contributed by atoms with Crippen LogP contribution in [0.3, 0.4) is 0 Å². The Morgan fingerprint density at radius 3 is 2.35 bits per heavy atom. The quantitative estimate of drug-likeness (QED) is 0.340. The van der Waals surface area contributed by atoms with E-state index in [0.29, 0.717) is 12.0 Å². The van der Waals surface area contributed by atoms with E-state index in [0.717, 1.165) is 25.7 Å². The summed E-state index contributed by atoms with van der Waals surface area (Å²) in [7, 11) is 0. The van der Waals surface area contributed by atoms with Gasteiger partial charge in [-0.25, -0.2) is 4.79 Å². The fourth-order valence-corrected chi connectivity index (χ4v) is 1.60. The van der Waals surface area contributed by atoms with Crippen molar-refractivity contribution < 1.29 is 9.90 Å². The van der Waals surface area contributed by atoms with E-state index in [1.165, 1.54) is 19.3 Å². The van der Waals surface area contributed by atoms with Crippen molar-refractivity contribution in [2.45, 2.75) is 65.2 Å². The van der Waals surface area contributed by atoms with Crippen molar-refractivity contribution in [1.29, 1.82) is 0 Å². The van der Waals surface area contributed by atoms with Crippen molar-refractivity contribution in [2.75, 3.05) is 0 Å². The minimum atomic E-state index is -0.776. The van der Waals surface area contributed by atoms with Crippen molar-refractivity contribution in [3.8, 4) is 0 Å². The molecule has 0 spiro atoms. The summed E-state index contributed by atoms with van der Waals surface area (Å²) in [6.07, 6.45) is 14.3. The molecule has 0 amide bonds. The van der Waals surface area contributed by atoms with Gasteiger partial charge in [0.2, 0.25) is 0 Å². The summed E-state index contributed by atoms with van der Waals surface area (Å²) in [5, 5.41) is 9.03. The molecule has 0 aromatic carbocycles. The summed E-state index contributed by atoms with van der Waals surface area (Å²) in [5.74, 6) is -0.776. The standard InChI is InChI=1S/C15H26O2/c1-3-5-7-9-11-13-14(15(16)17)12-10-8-6-4-2/h8,10,13H,3-7,9,11-12H2,1-2H3,(H,16,17)/b10-8+,14-13-. The molecule has 0 aromatic rings. The lowest BCUT2D eigenvalue weighted by Crippen LogP contribution is -1.99. The molecule has 2 heteroatoms. The lowest BCUT2D eigenvalue weighted by Gasteiger charge is -1.99. The number of carbonyl (C=O) groups is 1. The van der Waals surface area contributed by atoms with Crippen molar-refractivity contribution in [2.24, 2.45) is 0 Å². The molecule has 0 rings (SSSR count). The second kappa shape index (κ2) is 11.4. The predicted molar refractivity (Wildman–Crippen MR) is 73.1 cm³/mol. The van der Waals surface area contributed by atoms with Gasteiger partial charge in [-0.05, 0) is 25.7 Å². The minimum absolute atomic E-state index is 0.536. The zero-order valence-electron chi connectivity index (χ0n) is 11.2. The van der Waals surface area contributed by atoms with E-state index in [4.69, 9.17) is 5.11 Å². The largest absolute Gasteiger partial charge is 0.478 e. The van der Waals surface area contributed by atoms with Gasteiger partial charge < -0.3 is 5.11 Å². The second-order valence-corrected chi connectivity index (χ2v) is 4.35. The van der Waals surface area contributed by atoms with Gasteiger partial charge in [0.1, 0.15) is 0 Å². The van der Waals surface area contributed by atoms with Crippen molar-refractivity contribution >= 4 is 5.97 Å². The molecule has 0 saturated carbocycles. The van der Waals surface area contributed by atoms with Crippen LogP contribution < -0.4 is 0 Å². The van der Waals surface area contributed by atoms with Crippen LogP contribution in [-0.4, -0.2) is 11.1 Å². The van der Waals surface area contributed by atoms with Gasteiger partial charge >= 0.3 is 5.97 Å². The summed E-state index contributed by atoms with van der Waals surface area (Å²) >= 11 is 0. The van der Waals surface area contributed by atoms with E-state index in [1.54, 1.807) is 0 Å². The van der Waals surface area contributed by atoms with E-state index in [2.05, 4.69) is 19.9 Å². The summed E-state index contributed by atoms with van der Waals surface area (Å²) < 4.78 is 0. The summed E-state index contributed by atoms with van der Waals surface area (Å²) in [4.78, 5) is 11.0. The average Bonchev–Trinajstić information content (AvgIpc) is 2.31. The molecule has 0 fully saturated rings. The number of allylic oxidation sites excluding steroid dienone is 3. The fourth-order valence-electron chi connectivity index (χ4n) is 1.60. The maximum absolute atomic E-state index is 11.0. The number of rotatable bonds is 10. The summed E-state index contributed by atoms with van der Waals surface area (Å²) in [5.41, 5.74) is 0.536. The zero-order valence-corrected chi connectivity index (χ0v) is 11.2. The van der Waals surface area contributed by atoms with Crippen molar-refractivity contribution in [1.82, 2.24) is 0 Å².